The standard InChI is InChI=1S/C14H21N5O3/c1-3-7-21-8-9-22-14(20)19-6-4-5-11(10-19)12-16-13(15)18(2)17-12/h1,11H,4-10H2,2H3,(H2,15,16,17). The summed E-state index contributed by atoms with van der Waals surface area (Å²) in [4.78, 5) is 17.9. The van der Waals surface area contributed by atoms with E-state index in [9.17, 15) is 4.79 Å². The highest BCUT2D eigenvalue weighted by Gasteiger charge is 2.28. The number of hydrogen-bond acceptors (Lipinski definition) is 6. The Kier molecular flexibility index (Phi) is 5.61. The van der Waals surface area contributed by atoms with Gasteiger partial charge in [-0.3, -0.25) is 0 Å². The fraction of sp³-hybridized carbons (Fsp3) is 0.643. The molecule has 0 saturated carbocycles. The van der Waals surface area contributed by atoms with E-state index < -0.39 is 0 Å². The Morgan fingerprint density at radius 3 is 3.05 bits per heavy atom. The van der Waals surface area contributed by atoms with Gasteiger partial charge in [0.1, 0.15) is 13.2 Å². The molecule has 2 N–H and O–H groups in total. The van der Waals surface area contributed by atoms with E-state index in [1.54, 1.807) is 11.9 Å². The molecule has 2 heterocycles. The van der Waals surface area contributed by atoms with Gasteiger partial charge < -0.3 is 20.1 Å². The molecule has 1 aliphatic heterocycles. The molecule has 0 spiro atoms. The van der Waals surface area contributed by atoms with Crippen LogP contribution in [-0.2, 0) is 16.5 Å². The predicted octanol–water partition coefficient (Wildman–Crippen LogP) is 0.363. The molecule has 0 radical (unpaired) electrons. The lowest BCUT2D eigenvalue weighted by molar-refractivity contribution is 0.0585. The first-order chi connectivity index (χ1) is 10.6. The molecule has 120 valence electrons. The average molecular weight is 307 g/mol. The van der Waals surface area contributed by atoms with E-state index in [-0.39, 0.29) is 25.2 Å². The van der Waals surface area contributed by atoms with Crippen LogP contribution < -0.4 is 5.73 Å². The van der Waals surface area contributed by atoms with Crippen LogP contribution in [0.1, 0.15) is 24.6 Å². The van der Waals surface area contributed by atoms with Crippen molar-refractivity contribution in [1.29, 1.82) is 0 Å². The minimum absolute atomic E-state index is 0.0856. The number of aromatic nitrogens is 3. The monoisotopic (exact) mass is 307 g/mol. The molecule has 2 rings (SSSR count). The first kappa shape index (κ1) is 16.1. The van der Waals surface area contributed by atoms with Crippen molar-refractivity contribution >= 4 is 12.0 Å². The Morgan fingerprint density at radius 2 is 2.36 bits per heavy atom. The number of likely N-dealkylation sites (tertiary alicyclic amines) is 1. The molecule has 1 atom stereocenters. The maximum Gasteiger partial charge on any atom is 0.409 e. The molecule has 1 aliphatic rings. The SMILES string of the molecule is C#CCOCCOC(=O)N1CCCC(c2nc(N)n(C)n2)C1. The molecule has 1 unspecified atom stereocenters. The molecule has 1 fully saturated rings. The van der Waals surface area contributed by atoms with Crippen LogP contribution in [0.2, 0.25) is 0 Å². The van der Waals surface area contributed by atoms with Gasteiger partial charge in [-0.2, -0.15) is 10.1 Å². The summed E-state index contributed by atoms with van der Waals surface area (Å²) >= 11 is 0. The van der Waals surface area contributed by atoms with Gasteiger partial charge in [-0.1, -0.05) is 5.92 Å². The lowest BCUT2D eigenvalue weighted by atomic mass is 9.98. The van der Waals surface area contributed by atoms with Gasteiger partial charge >= 0.3 is 6.09 Å². The number of anilines is 1. The molecule has 0 aromatic carbocycles. The van der Waals surface area contributed by atoms with Crippen LogP contribution in [0.4, 0.5) is 10.7 Å². The van der Waals surface area contributed by atoms with Crippen LogP contribution in [0, 0.1) is 12.3 Å². The van der Waals surface area contributed by atoms with Crippen LogP contribution in [0.3, 0.4) is 0 Å². The van der Waals surface area contributed by atoms with Gasteiger partial charge in [0.2, 0.25) is 5.95 Å². The molecular formula is C14H21N5O3. The van der Waals surface area contributed by atoms with E-state index in [1.807, 2.05) is 0 Å². The number of aryl methyl sites for hydroxylation is 1. The summed E-state index contributed by atoms with van der Waals surface area (Å²) in [6.45, 7) is 1.91. The Labute approximate surface area is 129 Å². The minimum Gasteiger partial charge on any atom is -0.447 e. The summed E-state index contributed by atoms with van der Waals surface area (Å²) in [5, 5.41) is 4.29. The van der Waals surface area contributed by atoms with Gasteiger partial charge in [-0.15, -0.1) is 6.42 Å². The topological polar surface area (TPSA) is 95.5 Å². The second-order valence-electron chi connectivity index (χ2n) is 5.11. The number of nitrogens with two attached hydrogens (primary N) is 1. The Morgan fingerprint density at radius 1 is 1.55 bits per heavy atom. The van der Waals surface area contributed by atoms with Gasteiger partial charge in [0.15, 0.2) is 5.82 Å². The lowest BCUT2D eigenvalue weighted by Gasteiger charge is -2.30. The number of rotatable bonds is 5. The number of amides is 1. The number of carbonyl (C=O) groups excluding carboxylic acids is 1. The van der Waals surface area contributed by atoms with E-state index in [1.165, 1.54) is 4.68 Å². The molecule has 8 heteroatoms. The van der Waals surface area contributed by atoms with Crippen molar-refractivity contribution in [2.24, 2.45) is 7.05 Å². The van der Waals surface area contributed by atoms with Crippen molar-refractivity contribution in [3.05, 3.63) is 5.82 Å². The van der Waals surface area contributed by atoms with Crippen molar-refractivity contribution < 1.29 is 14.3 Å². The molecule has 1 aromatic heterocycles. The van der Waals surface area contributed by atoms with E-state index in [4.69, 9.17) is 21.6 Å². The Hall–Kier alpha value is -2.27. The summed E-state index contributed by atoms with van der Waals surface area (Å²) < 4.78 is 11.8. The first-order valence-electron chi connectivity index (χ1n) is 7.21. The lowest BCUT2D eigenvalue weighted by Crippen LogP contribution is -2.40. The molecule has 0 aliphatic carbocycles. The summed E-state index contributed by atoms with van der Waals surface area (Å²) in [6.07, 6.45) is 6.52. The zero-order chi connectivity index (χ0) is 15.9. The van der Waals surface area contributed by atoms with Crippen molar-refractivity contribution in [1.82, 2.24) is 19.7 Å². The smallest absolute Gasteiger partial charge is 0.409 e. The van der Waals surface area contributed by atoms with Crippen molar-refractivity contribution in [3.63, 3.8) is 0 Å². The third kappa shape index (κ3) is 4.11. The zero-order valence-corrected chi connectivity index (χ0v) is 12.7. The number of nitrogens with zero attached hydrogens (tertiary/aromatic N) is 4. The number of ether oxygens (including phenoxy) is 2. The highest BCUT2D eigenvalue weighted by Crippen LogP contribution is 2.25. The number of carbonyl (C=O) groups is 1. The minimum atomic E-state index is -0.349. The van der Waals surface area contributed by atoms with Crippen molar-refractivity contribution in [3.8, 4) is 12.3 Å². The predicted molar refractivity (Wildman–Crippen MR) is 80.0 cm³/mol. The second-order valence-corrected chi connectivity index (χ2v) is 5.11. The highest BCUT2D eigenvalue weighted by molar-refractivity contribution is 5.67. The summed E-state index contributed by atoms with van der Waals surface area (Å²) in [6, 6.07) is 0. The van der Waals surface area contributed by atoms with E-state index in [0.29, 0.717) is 31.5 Å². The fourth-order valence-electron chi connectivity index (χ4n) is 2.35. The van der Waals surface area contributed by atoms with Gasteiger partial charge in [0.25, 0.3) is 0 Å². The first-order valence-corrected chi connectivity index (χ1v) is 7.21. The number of nitrogen functional groups attached to an aromatic ring is 1. The molecule has 1 amide bonds. The van der Waals surface area contributed by atoms with Crippen molar-refractivity contribution in [2.75, 3.05) is 38.6 Å². The van der Waals surface area contributed by atoms with Crippen molar-refractivity contribution in [2.45, 2.75) is 18.8 Å². The van der Waals surface area contributed by atoms with Crippen LogP contribution >= 0.6 is 0 Å². The van der Waals surface area contributed by atoms with Crippen LogP contribution in [-0.4, -0.2) is 58.7 Å². The van der Waals surface area contributed by atoms with E-state index in [2.05, 4.69) is 16.0 Å². The van der Waals surface area contributed by atoms with E-state index >= 15 is 0 Å². The van der Waals surface area contributed by atoms with Gasteiger partial charge in [0.05, 0.1) is 6.61 Å². The molecule has 0 bridgehead atoms. The Bertz CT molecular complexity index is 532. The van der Waals surface area contributed by atoms with Gasteiger partial charge in [-0.25, -0.2) is 9.48 Å². The van der Waals surface area contributed by atoms with Gasteiger partial charge in [-0.05, 0) is 12.8 Å². The average Bonchev–Trinajstić information content (AvgIpc) is 2.86. The summed E-state index contributed by atoms with van der Waals surface area (Å²) in [7, 11) is 1.75. The number of hydrogen-bond donors (Lipinski definition) is 1. The quantitative estimate of drug-likeness (QED) is 0.623. The number of terminal acetylenes is 1. The molecule has 8 nitrogen and oxygen atoms in total. The number of piperidine rings is 1. The summed E-state index contributed by atoms with van der Waals surface area (Å²) in [5.41, 5.74) is 5.70. The molecule has 1 aromatic rings. The largest absolute Gasteiger partial charge is 0.447 e. The second kappa shape index (κ2) is 7.66. The van der Waals surface area contributed by atoms with Gasteiger partial charge in [0, 0.05) is 26.1 Å². The molecular weight excluding hydrogens is 286 g/mol. The third-order valence-corrected chi connectivity index (χ3v) is 3.50. The van der Waals surface area contributed by atoms with E-state index in [0.717, 1.165) is 12.8 Å². The summed E-state index contributed by atoms with van der Waals surface area (Å²) in [5.74, 6) is 3.49. The molecule has 1 saturated heterocycles. The highest BCUT2D eigenvalue weighted by atomic mass is 16.6. The third-order valence-electron chi connectivity index (χ3n) is 3.50. The maximum atomic E-state index is 12.0. The zero-order valence-electron chi connectivity index (χ0n) is 12.7. The van der Waals surface area contributed by atoms with Crippen LogP contribution in [0.5, 0.6) is 0 Å². The normalized spacial score (nSPS) is 18.0. The fourth-order valence-corrected chi connectivity index (χ4v) is 2.35. The maximum absolute atomic E-state index is 12.0. The van der Waals surface area contributed by atoms with Crippen LogP contribution in [0.15, 0.2) is 0 Å². The van der Waals surface area contributed by atoms with Crippen LogP contribution in [0.25, 0.3) is 0 Å². The molecule has 22 heavy (non-hydrogen) atoms. The Balaban J connectivity index is 1.82.